The van der Waals surface area contributed by atoms with E-state index in [0.717, 1.165) is 30.4 Å². The predicted octanol–water partition coefficient (Wildman–Crippen LogP) is 4.66. The van der Waals surface area contributed by atoms with Crippen LogP contribution in [0.25, 0.3) is 0 Å². The molecule has 0 N–H and O–H groups in total. The highest BCUT2D eigenvalue weighted by Crippen LogP contribution is 2.25. The van der Waals surface area contributed by atoms with Gasteiger partial charge in [0.15, 0.2) is 5.82 Å². The fourth-order valence-electron chi connectivity index (χ4n) is 2.13. The Labute approximate surface area is 154 Å². The van der Waals surface area contributed by atoms with Crippen LogP contribution < -0.4 is 9.64 Å². The molecule has 2 rings (SSSR count). The van der Waals surface area contributed by atoms with Gasteiger partial charge in [0.2, 0.25) is 5.88 Å². The van der Waals surface area contributed by atoms with Crippen molar-refractivity contribution in [2.45, 2.75) is 40.3 Å². The van der Waals surface area contributed by atoms with Crippen LogP contribution in [0.2, 0.25) is 0 Å². The summed E-state index contributed by atoms with van der Waals surface area (Å²) in [5.41, 5.74) is 0.348. The Hall–Kier alpha value is -1.82. The lowest BCUT2D eigenvalue weighted by Crippen LogP contribution is -2.14. The van der Waals surface area contributed by atoms with Gasteiger partial charge in [0, 0.05) is 32.3 Å². The van der Waals surface area contributed by atoms with Crippen molar-refractivity contribution in [1.29, 1.82) is 0 Å². The molecule has 0 aliphatic carbocycles. The minimum atomic E-state index is -0.481. The van der Waals surface area contributed by atoms with Crippen molar-refractivity contribution in [1.82, 2.24) is 9.78 Å². The van der Waals surface area contributed by atoms with E-state index in [1.165, 1.54) is 0 Å². The Bertz CT molecular complexity index is 696. The number of aryl methyl sites for hydroxylation is 1. The molecule has 0 saturated carbocycles. The number of hydrogen-bond donors (Lipinski definition) is 0. The second-order valence-corrected chi connectivity index (χ2v) is 7.29. The molecule has 25 heavy (non-hydrogen) atoms. The highest BCUT2D eigenvalue weighted by atomic mass is 35.5. The summed E-state index contributed by atoms with van der Waals surface area (Å²) in [6.07, 6.45) is 0.923. The first-order chi connectivity index (χ1) is 11.2. The molecule has 1 heterocycles. The lowest BCUT2D eigenvalue weighted by atomic mass is 9.92. The van der Waals surface area contributed by atoms with E-state index < -0.39 is 11.6 Å². The monoisotopic (exact) mass is 373 g/mol. The van der Waals surface area contributed by atoms with Crippen molar-refractivity contribution in [3.05, 3.63) is 41.5 Å². The third kappa shape index (κ3) is 6.20. The molecule has 0 saturated heterocycles. The molecule has 7 heteroatoms. The molecule has 1 aromatic heterocycles. The maximum absolute atomic E-state index is 13.7. The van der Waals surface area contributed by atoms with Gasteiger partial charge in [-0.2, -0.15) is 5.10 Å². The van der Waals surface area contributed by atoms with E-state index >= 15 is 0 Å². The molecular weight excluding hydrogens is 348 g/mol. The summed E-state index contributed by atoms with van der Waals surface area (Å²) in [7, 11) is 3.79. The molecule has 0 radical (unpaired) electrons. The lowest BCUT2D eigenvalue weighted by molar-refractivity contribution is 0.254. The molecule has 4 nitrogen and oxygen atoms in total. The van der Waals surface area contributed by atoms with E-state index in [9.17, 15) is 8.78 Å². The number of hydrogen-bond acceptors (Lipinski definition) is 3. The average Bonchev–Trinajstić information content (AvgIpc) is 2.89. The minimum absolute atomic E-state index is 0. The Kier molecular flexibility index (Phi) is 7.23. The van der Waals surface area contributed by atoms with Crippen LogP contribution in [0.1, 0.15) is 32.8 Å². The van der Waals surface area contributed by atoms with E-state index in [1.807, 2.05) is 19.0 Å². The molecule has 0 amide bonds. The first-order valence-electron chi connectivity index (χ1n) is 7.97. The Morgan fingerprint density at radius 1 is 1.16 bits per heavy atom. The van der Waals surface area contributed by atoms with Crippen molar-refractivity contribution in [3.8, 4) is 5.88 Å². The average molecular weight is 374 g/mol. The van der Waals surface area contributed by atoms with E-state index in [-0.39, 0.29) is 30.0 Å². The van der Waals surface area contributed by atoms with Gasteiger partial charge in [0.25, 0.3) is 0 Å². The summed E-state index contributed by atoms with van der Waals surface area (Å²) in [5.74, 6) is 0.348. The number of halogens is 3. The smallest absolute Gasteiger partial charge is 0.214 e. The molecule has 0 fully saturated rings. The summed E-state index contributed by atoms with van der Waals surface area (Å²) in [5, 5.41) is 4.51. The second-order valence-electron chi connectivity index (χ2n) is 7.29. The summed E-state index contributed by atoms with van der Waals surface area (Å²) in [6, 6.07) is 5.16. The zero-order valence-electron chi connectivity index (χ0n) is 15.3. The predicted molar refractivity (Wildman–Crippen MR) is 98.6 cm³/mol. The largest absolute Gasteiger partial charge is 0.473 e. The van der Waals surface area contributed by atoms with E-state index in [1.54, 1.807) is 10.7 Å². The van der Waals surface area contributed by atoms with Crippen molar-refractivity contribution in [2.75, 3.05) is 19.0 Å². The fourth-order valence-corrected chi connectivity index (χ4v) is 2.13. The SMILES string of the molecule is CN(C)c1cc(OCc2cc(F)ccc2F)n(CCC(C)(C)C)n1.Cl. The zero-order valence-corrected chi connectivity index (χ0v) is 16.2. The van der Waals surface area contributed by atoms with Crippen LogP contribution in [-0.4, -0.2) is 23.9 Å². The van der Waals surface area contributed by atoms with Gasteiger partial charge in [-0.15, -0.1) is 12.4 Å². The molecule has 0 atom stereocenters. The Morgan fingerprint density at radius 2 is 1.84 bits per heavy atom. The molecule has 0 spiro atoms. The minimum Gasteiger partial charge on any atom is -0.473 e. The van der Waals surface area contributed by atoms with Crippen molar-refractivity contribution < 1.29 is 13.5 Å². The number of rotatable bonds is 6. The first-order valence-corrected chi connectivity index (χ1v) is 7.97. The maximum Gasteiger partial charge on any atom is 0.214 e. The van der Waals surface area contributed by atoms with Gasteiger partial charge in [-0.25, -0.2) is 13.5 Å². The topological polar surface area (TPSA) is 30.3 Å². The molecular formula is C18H26ClF2N3O. The first kappa shape index (κ1) is 21.2. The van der Waals surface area contributed by atoms with Gasteiger partial charge >= 0.3 is 0 Å². The number of benzene rings is 1. The number of nitrogens with zero attached hydrogens (tertiary/aromatic N) is 3. The van der Waals surface area contributed by atoms with E-state index in [0.29, 0.717) is 12.4 Å². The normalized spacial score (nSPS) is 11.2. The molecule has 0 aliphatic rings. The Morgan fingerprint density at radius 3 is 2.44 bits per heavy atom. The van der Waals surface area contributed by atoms with Crippen LogP contribution in [-0.2, 0) is 13.2 Å². The van der Waals surface area contributed by atoms with E-state index in [2.05, 4.69) is 25.9 Å². The third-order valence-corrected chi connectivity index (χ3v) is 3.65. The number of aromatic nitrogens is 2. The lowest BCUT2D eigenvalue weighted by Gasteiger charge is -2.18. The van der Waals surface area contributed by atoms with Crippen LogP contribution in [0.3, 0.4) is 0 Å². The fraction of sp³-hybridized carbons (Fsp3) is 0.500. The summed E-state index contributed by atoms with van der Waals surface area (Å²) in [6.45, 7) is 7.13. The summed E-state index contributed by atoms with van der Waals surface area (Å²) in [4.78, 5) is 1.88. The molecule has 0 aliphatic heterocycles. The molecule has 0 bridgehead atoms. The van der Waals surface area contributed by atoms with Crippen molar-refractivity contribution in [2.24, 2.45) is 5.41 Å². The van der Waals surface area contributed by atoms with Gasteiger partial charge in [-0.3, -0.25) is 0 Å². The van der Waals surface area contributed by atoms with E-state index in [4.69, 9.17) is 4.74 Å². The van der Waals surface area contributed by atoms with Crippen LogP contribution in [0, 0.1) is 17.0 Å². The summed E-state index contributed by atoms with van der Waals surface area (Å²) < 4.78 is 34.5. The number of anilines is 1. The van der Waals surface area contributed by atoms with Crippen LogP contribution in [0.15, 0.2) is 24.3 Å². The quantitative estimate of drug-likeness (QED) is 0.737. The van der Waals surface area contributed by atoms with Crippen molar-refractivity contribution in [3.63, 3.8) is 0 Å². The maximum atomic E-state index is 13.7. The highest BCUT2D eigenvalue weighted by molar-refractivity contribution is 5.85. The second kappa shape index (κ2) is 8.52. The Balaban J connectivity index is 0.00000312. The van der Waals surface area contributed by atoms with Gasteiger partial charge < -0.3 is 9.64 Å². The number of ether oxygens (including phenoxy) is 1. The molecule has 2 aromatic rings. The molecule has 0 unspecified atom stereocenters. The molecule has 140 valence electrons. The highest BCUT2D eigenvalue weighted by Gasteiger charge is 2.16. The van der Waals surface area contributed by atoms with Crippen LogP contribution >= 0.6 is 12.4 Å². The van der Waals surface area contributed by atoms with Gasteiger partial charge in [-0.1, -0.05) is 20.8 Å². The van der Waals surface area contributed by atoms with Gasteiger partial charge in [0.1, 0.15) is 18.2 Å². The van der Waals surface area contributed by atoms with Crippen molar-refractivity contribution >= 4 is 18.2 Å². The van der Waals surface area contributed by atoms with Gasteiger partial charge in [0.05, 0.1) is 0 Å². The zero-order chi connectivity index (χ0) is 17.9. The van der Waals surface area contributed by atoms with Crippen LogP contribution in [0.5, 0.6) is 5.88 Å². The standard InChI is InChI=1S/C18H25F2N3O.ClH/c1-18(2,3)8-9-23-17(11-16(21-23)22(4)5)24-12-13-10-14(19)6-7-15(13)20;/h6-7,10-11H,8-9,12H2,1-5H3;1H. The third-order valence-electron chi connectivity index (χ3n) is 3.65. The van der Waals surface area contributed by atoms with Crippen LogP contribution in [0.4, 0.5) is 14.6 Å². The summed E-state index contributed by atoms with van der Waals surface area (Å²) >= 11 is 0. The van der Waals surface area contributed by atoms with Gasteiger partial charge in [-0.05, 0) is 30.0 Å². The molecule has 1 aromatic carbocycles.